The molecule has 0 spiro atoms. The average molecular weight is 317 g/mol. The van der Waals surface area contributed by atoms with Crippen LogP contribution >= 0.6 is 15.9 Å². The summed E-state index contributed by atoms with van der Waals surface area (Å²) in [5.41, 5.74) is 7.46. The Balaban J connectivity index is 2.12. The van der Waals surface area contributed by atoms with Gasteiger partial charge < -0.3 is 15.4 Å². The third kappa shape index (κ3) is 3.12. The number of hydrogen-bond acceptors (Lipinski definition) is 4. The van der Waals surface area contributed by atoms with E-state index >= 15 is 0 Å². The fourth-order valence-electron chi connectivity index (χ4n) is 2.24. The molecule has 2 atom stereocenters. The van der Waals surface area contributed by atoms with E-state index < -0.39 is 0 Å². The van der Waals surface area contributed by atoms with Crippen molar-refractivity contribution in [3.8, 4) is 0 Å². The van der Waals surface area contributed by atoms with E-state index in [0.29, 0.717) is 5.92 Å². The van der Waals surface area contributed by atoms with Gasteiger partial charge in [0, 0.05) is 19.1 Å². The molecule has 2 N–H and O–H groups in total. The Morgan fingerprint density at radius 3 is 3.06 bits per heavy atom. The van der Waals surface area contributed by atoms with Gasteiger partial charge in [0.25, 0.3) is 0 Å². The number of rotatable bonds is 5. The maximum atomic E-state index is 6.37. The van der Waals surface area contributed by atoms with Gasteiger partial charge in [-0.05, 0) is 36.4 Å². The van der Waals surface area contributed by atoms with Crippen molar-refractivity contribution in [2.45, 2.75) is 19.0 Å². The summed E-state index contributed by atoms with van der Waals surface area (Å²) in [7, 11) is 4.12. The van der Waals surface area contributed by atoms with Crippen LogP contribution in [0.4, 0.5) is 0 Å². The van der Waals surface area contributed by atoms with Crippen molar-refractivity contribution in [1.29, 1.82) is 0 Å². The van der Waals surface area contributed by atoms with Crippen LogP contribution in [-0.4, -0.2) is 48.5 Å². The molecule has 1 fully saturated rings. The maximum absolute atomic E-state index is 6.37. The third-order valence-electron chi connectivity index (χ3n) is 3.38. The highest BCUT2D eigenvalue weighted by molar-refractivity contribution is 9.10. The standard InChI is InChI=1S/C12H21BrN4O/c1-16(2)4-5-17-12(10(13)7-15-17)11(14)9-3-6-18-8-9/h7,9,11H,3-6,8,14H2,1-2H3. The maximum Gasteiger partial charge on any atom is 0.0697 e. The molecule has 0 aromatic carbocycles. The Bertz CT molecular complexity index is 387. The van der Waals surface area contributed by atoms with Crippen molar-refractivity contribution in [2.75, 3.05) is 33.9 Å². The first-order chi connectivity index (χ1) is 8.59. The number of nitrogens with two attached hydrogens (primary N) is 1. The highest BCUT2D eigenvalue weighted by Gasteiger charge is 2.28. The van der Waals surface area contributed by atoms with Crippen molar-refractivity contribution >= 4 is 15.9 Å². The van der Waals surface area contributed by atoms with Crippen LogP contribution in [0.25, 0.3) is 0 Å². The second-order valence-electron chi connectivity index (χ2n) is 5.05. The summed E-state index contributed by atoms with van der Waals surface area (Å²) in [6.07, 6.45) is 2.87. The predicted octanol–water partition coefficient (Wildman–Crippen LogP) is 1.24. The fourth-order valence-corrected chi connectivity index (χ4v) is 2.80. The van der Waals surface area contributed by atoms with Crippen molar-refractivity contribution in [1.82, 2.24) is 14.7 Å². The van der Waals surface area contributed by atoms with Crippen molar-refractivity contribution in [3.05, 3.63) is 16.4 Å². The largest absolute Gasteiger partial charge is 0.381 e. The lowest BCUT2D eigenvalue weighted by atomic mass is 9.97. The molecule has 0 radical (unpaired) electrons. The van der Waals surface area contributed by atoms with E-state index in [1.807, 2.05) is 10.9 Å². The van der Waals surface area contributed by atoms with Gasteiger partial charge in [0.15, 0.2) is 0 Å². The number of nitrogens with zero attached hydrogens (tertiary/aromatic N) is 3. The lowest BCUT2D eigenvalue weighted by molar-refractivity contribution is 0.180. The molecule has 2 rings (SSSR count). The molecule has 1 aliphatic rings. The summed E-state index contributed by atoms with van der Waals surface area (Å²) in [4.78, 5) is 2.14. The summed E-state index contributed by atoms with van der Waals surface area (Å²) < 4.78 is 8.43. The summed E-state index contributed by atoms with van der Waals surface area (Å²) in [5, 5.41) is 4.40. The molecule has 0 aliphatic carbocycles. The first-order valence-corrected chi connectivity index (χ1v) is 7.08. The van der Waals surface area contributed by atoms with E-state index in [1.54, 1.807) is 0 Å². The fraction of sp³-hybridized carbons (Fsp3) is 0.750. The molecule has 6 heteroatoms. The van der Waals surface area contributed by atoms with E-state index in [-0.39, 0.29) is 6.04 Å². The topological polar surface area (TPSA) is 56.3 Å². The minimum atomic E-state index is -0.00784. The minimum Gasteiger partial charge on any atom is -0.381 e. The molecule has 0 amide bonds. The number of halogens is 1. The zero-order valence-electron chi connectivity index (χ0n) is 11.0. The second-order valence-corrected chi connectivity index (χ2v) is 5.91. The molecule has 0 bridgehead atoms. The summed E-state index contributed by atoms with van der Waals surface area (Å²) in [6, 6.07) is -0.00784. The Morgan fingerprint density at radius 2 is 2.44 bits per heavy atom. The first-order valence-electron chi connectivity index (χ1n) is 6.29. The van der Waals surface area contributed by atoms with Gasteiger partial charge in [-0.25, -0.2) is 0 Å². The number of hydrogen-bond donors (Lipinski definition) is 1. The van der Waals surface area contributed by atoms with Crippen molar-refractivity contribution in [2.24, 2.45) is 11.7 Å². The monoisotopic (exact) mass is 316 g/mol. The molecule has 18 heavy (non-hydrogen) atoms. The molecule has 102 valence electrons. The molecule has 2 unspecified atom stereocenters. The average Bonchev–Trinajstić information content (AvgIpc) is 2.94. The van der Waals surface area contributed by atoms with E-state index in [4.69, 9.17) is 10.5 Å². The second kappa shape index (κ2) is 6.14. The summed E-state index contributed by atoms with van der Waals surface area (Å²) >= 11 is 3.55. The van der Waals surface area contributed by atoms with Gasteiger partial charge in [-0.3, -0.25) is 4.68 Å². The van der Waals surface area contributed by atoms with Crippen LogP contribution in [0.3, 0.4) is 0 Å². The molecule has 1 aromatic rings. The smallest absolute Gasteiger partial charge is 0.0697 e. The van der Waals surface area contributed by atoms with E-state index in [2.05, 4.69) is 40.0 Å². The van der Waals surface area contributed by atoms with Gasteiger partial charge in [0.2, 0.25) is 0 Å². The lowest BCUT2D eigenvalue weighted by Crippen LogP contribution is -2.27. The van der Waals surface area contributed by atoms with Crippen LogP contribution in [-0.2, 0) is 11.3 Å². The number of ether oxygens (including phenoxy) is 1. The van der Waals surface area contributed by atoms with Crippen LogP contribution in [0.15, 0.2) is 10.7 Å². The molecule has 2 heterocycles. The first kappa shape index (κ1) is 14.0. The Labute approximate surface area is 116 Å². The Morgan fingerprint density at radius 1 is 1.67 bits per heavy atom. The van der Waals surface area contributed by atoms with Gasteiger partial charge >= 0.3 is 0 Å². The lowest BCUT2D eigenvalue weighted by Gasteiger charge is -2.20. The van der Waals surface area contributed by atoms with Crippen molar-refractivity contribution in [3.63, 3.8) is 0 Å². The highest BCUT2D eigenvalue weighted by Crippen LogP contribution is 2.31. The molecular formula is C12H21BrN4O. The number of likely N-dealkylation sites (N-methyl/N-ethyl adjacent to an activating group) is 1. The molecule has 5 nitrogen and oxygen atoms in total. The zero-order valence-corrected chi connectivity index (χ0v) is 12.6. The quantitative estimate of drug-likeness (QED) is 0.888. The normalized spacial score (nSPS) is 21.7. The summed E-state index contributed by atoms with van der Waals surface area (Å²) in [5.74, 6) is 0.399. The van der Waals surface area contributed by atoms with Crippen LogP contribution in [0.2, 0.25) is 0 Å². The van der Waals surface area contributed by atoms with Crippen LogP contribution in [0, 0.1) is 5.92 Å². The SMILES string of the molecule is CN(C)CCn1ncc(Br)c1C(N)C1CCOC1. The van der Waals surface area contributed by atoms with Crippen molar-refractivity contribution < 1.29 is 4.74 Å². The molecule has 1 aromatic heterocycles. The van der Waals surface area contributed by atoms with Gasteiger partial charge in [-0.15, -0.1) is 0 Å². The van der Waals surface area contributed by atoms with E-state index in [9.17, 15) is 0 Å². The van der Waals surface area contributed by atoms with Gasteiger partial charge in [-0.2, -0.15) is 5.10 Å². The molecular weight excluding hydrogens is 296 g/mol. The van der Waals surface area contributed by atoms with E-state index in [1.165, 1.54) is 0 Å². The number of aromatic nitrogens is 2. The third-order valence-corrected chi connectivity index (χ3v) is 3.99. The van der Waals surface area contributed by atoms with Crippen LogP contribution in [0.1, 0.15) is 18.2 Å². The molecule has 1 aliphatic heterocycles. The van der Waals surface area contributed by atoms with Gasteiger partial charge in [0.05, 0.1) is 35.6 Å². The van der Waals surface area contributed by atoms with Gasteiger partial charge in [-0.1, -0.05) is 0 Å². The zero-order chi connectivity index (χ0) is 13.1. The van der Waals surface area contributed by atoms with Crippen LogP contribution in [0.5, 0.6) is 0 Å². The Hall–Kier alpha value is -0.430. The summed E-state index contributed by atoms with van der Waals surface area (Å²) in [6.45, 7) is 3.39. The highest BCUT2D eigenvalue weighted by atomic mass is 79.9. The Kier molecular flexibility index (Phi) is 4.77. The minimum absolute atomic E-state index is 0.00784. The predicted molar refractivity (Wildman–Crippen MR) is 74.3 cm³/mol. The van der Waals surface area contributed by atoms with Gasteiger partial charge in [0.1, 0.15) is 0 Å². The van der Waals surface area contributed by atoms with Crippen LogP contribution < -0.4 is 5.73 Å². The van der Waals surface area contributed by atoms with E-state index in [0.717, 1.165) is 42.9 Å². The molecule has 0 saturated carbocycles. The molecule has 1 saturated heterocycles.